The van der Waals surface area contributed by atoms with Gasteiger partial charge in [-0.3, -0.25) is 14.2 Å². The zero-order valence-corrected chi connectivity index (χ0v) is 19.6. The summed E-state index contributed by atoms with van der Waals surface area (Å²) in [6.45, 7) is 2.75. The number of methoxy groups -OCH3 is 2. The van der Waals surface area contributed by atoms with Crippen molar-refractivity contribution < 1.29 is 14.3 Å². The second kappa shape index (κ2) is 9.87. The molecule has 2 aromatic heterocycles. The summed E-state index contributed by atoms with van der Waals surface area (Å²) < 4.78 is 12.0. The Morgan fingerprint density at radius 3 is 2.52 bits per heavy atom. The van der Waals surface area contributed by atoms with Crippen molar-refractivity contribution in [3.8, 4) is 21.9 Å². The lowest BCUT2D eigenvalue weighted by atomic mass is 10.2. The topological polar surface area (TPSA) is 73.7 Å². The van der Waals surface area contributed by atoms with Crippen LogP contribution < -0.4 is 15.0 Å². The fourth-order valence-electron chi connectivity index (χ4n) is 3.64. The van der Waals surface area contributed by atoms with Gasteiger partial charge in [0.25, 0.3) is 5.56 Å². The summed E-state index contributed by atoms with van der Waals surface area (Å²) in [6.07, 6.45) is 1.46. The van der Waals surface area contributed by atoms with E-state index in [0.717, 1.165) is 16.0 Å². The third-order valence-corrected chi connectivity index (χ3v) is 6.53. The van der Waals surface area contributed by atoms with Crippen molar-refractivity contribution in [2.45, 2.75) is 20.0 Å². The molecule has 4 rings (SSSR count). The summed E-state index contributed by atoms with van der Waals surface area (Å²) in [4.78, 5) is 33.9. The number of ether oxygens (including phenoxy) is 2. The number of nitrogens with zero attached hydrogens (tertiary/aromatic N) is 3. The van der Waals surface area contributed by atoms with E-state index < -0.39 is 0 Å². The summed E-state index contributed by atoms with van der Waals surface area (Å²) in [7, 11) is 3.16. The fourth-order valence-corrected chi connectivity index (χ4v) is 4.63. The first-order valence-electron chi connectivity index (χ1n) is 10.6. The summed E-state index contributed by atoms with van der Waals surface area (Å²) in [5.41, 5.74) is 1.73. The first-order valence-corrected chi connectivity index (χ1v) is 11.4. The van der Waals surface area contributed by atoms with E-state index in [9.17, 15) is 9.59 Å². The number of hydrogen-bond acceptors (Lipinski definition) is 6. The molecular formula is C25H25N3O4S. The highest BCUT2D eigenvalue weighted by Crippen LogP contribution is 2.30. The van der Waals surface area contributed by atoms with Gasteiger partial charge in [0.05, 0.1) is 25.9 Å². The highest BCUT2D eigenvalue weighted by molar-refractivity contribution is 7.21. The smallest absolute Gasteiger partial charge is 0.262 e. The molecular weight excluding hydrogens is 438 g/mol. The molecule has 0 saturated heterocycles. The highest BCUT2D eigenvalue weighted by Gasteiger charge is 2.17. The lowest BCUT2D eigenvalue weighted by molar-refractivity contribution is -0.132. The Hall–Kier alpha value is -3.65. The number of rotatable bonds is 8. The van der Waals surface area contributed by atoms with E-state index in [1.807, 2.05) is 61.5 Å². The molecule has 0 aliphatic carbocycles. The van der Waals surface area contributed by atoms with Crippen LogP contribution in [0.1, 0.15) is 12.5 Å². The van der Waals surface area contributed by atoms with Gasteiger partial charge >= 0.3 is 0 Å². The van der Waals surface area contributed by atoms with Crippen molar-refractivity contribution in [1.82, 2.24) is 14.5 Å². The third-order valence-electron chi connectivity index (χ3n) is 5.44. The van der Waals surface area contributed by atoms with Crippen LogP contribution in [-0.2, 0) is 17.9 Å². The van der Waals surface area contributed by atoms with Gasteiger partial charge in [0, 0.05) is 18.0 Å². The summed E-state index contributed by atoms with van der Waals surface area (Å²) in [5, 5.41) is 0.525. The van der Waals surface area contributed by atoms with Crippen LogP contribution in [-0.4, -0.2) is 41.1 Å². The Morgan fingerprint density at radius 1 is 1.06 bits per heavy atom. The molecule has 0 spiro atoms. The first kappa shape index (κ1) is 22.5. The molecule has 0 aliphatic heterocycles. The minimum absolute atomic E-state index is 0.0700. The predicted molar refractivity (Wildman–Crippen MR) is 130 cm³/mol. The number of thiophene rings is 1. The van der Waals surface area contributed by atoms with Crippen molar-refractivity contribution in [3.05, 3.63) is 76.8 Å². The van der Waals surface area contributed by atoms with Gasteiger partial charge in [-0.05, 0) is 36.2 Å². The normalized spacial score (nSPS) is 10.9. The van der Waals surface area contributed by atoms with Crippen molar-refractivity contribution >= 4 is 27.5 Å². The fraction of sp³-hybridized carbons (Fsp3) is 0.240. The van der Waals surface area contributed by atoms with Crippen LogP contribution in [0.5, 0.6) is 11.5 Å². The minimum Gasteiger partial charge on any atom is -0.493 e. The molecule has 2 aromatic carbocycles. The molecule has 170 valence electrons. The molecule has 4 aromatic rings. The van der Waals surface area contributed by atoms with Gasteiger partial charge in [0.1, 0.15) is 11.4 Å². The maximum absolute atomic E-state index is 13.1. The van der Waals surface area contributed by atoms with Gasteiger partial charge in [-0.15, -0.1) is 11.3 Å². The zero-order chi connectivity index (χ0) is 23.4. The molecule has 0 saturated carbocycles. The Kier molecular flexibility index (Phi) is 6.74. The lowest BCUT2D eigenvalue weighted by Crippen LogP contribution is -2.36. The average Bonchev–Trinajstić information content (AvgIpc) is 3.30. The molecule has 2 heterocycles. The summed E-state index contributed by atoms with van der Waals surface area (Å²) in [6, 6.07) is 17.3. The lowest BCUT2D eigenvalue weighted by Gasteiger charge is -2.22. The molecule has 0 atom stereocenters. The largest absolute Gasteiger partial charge is 0.493 e. The van der Waals surface area contributed by atoms with Crippen LogP contribution in [0.25, 0.3) is 20.7 Å². The summed E-state index contributed by atoms with van der Waals surface area (Å²) in [5.74, 6) is 1.08. The van der Waals surface area contributed by atoms with Crippen molar-refractivity contribution in [2.75, 3.05) is 20.8 Å². The van der Waals surface area contributed by atoms with Crippen LogP contribution in [0.4, 0.5) is 0 Å². The van der Waals surface area contributed by atoms with E-state index in [-0.39, 0.29) is 18.0 Å². The molecule has 0 unspecified atom stereocenters. The average molecular weight is 464 g/mol. The number of benzene rings is 2. The zero-order valence-electron chi connectivity index (χ0n) is 18.8. The van der Waals surface area contributed by atoms with Gasteiger partial charge in [-0.2, -0.15) is 0 Å². The van der Waals surface area contributed by atoms with E-state index in [4.69, 9.17) is 9.47 Å². The summed E-state index contributed by atoms with van der Waals surface area (Å²) >= 11 is 1.47. The molecule has 1 amide bonds. The van der Waals surface area contributed by atoms with Crippen molar-refractivity contribution in [3.63, 3.8) is 0 Å². The molecule has 0 bridgehead atoms. The van der Waals surface area contributed by atoms with Crippen LogP contribution in [0, 0.1) is 0 Å². The number of aromatic nitrogens is 2. The minimum atomic E-state index is -0.214. The van der Waals surface area contributed by atoms with Gasteiger partial charge in [-0.25, -0.2) is 4.98 Å². The van der Waals surface area contributed by atoms with E-state index in [2.05, 4.69) is 4.98 Å². The van der Waals surface area contributed by atoms with E-state index >= 15 is 0 Å². The van der Waals surface area contributed by atoms with Crippen molar-refractivity contribution in [2.24, 2.45) is 0 Å². The Bertz CT molecular complexity index is 1330. The highest BCUT2D eigenvalue weighted by atomic mass is 32.1. The Labute approximate surface area is 195 Å². The van der Waals surface area contributed by atoms with E-state index in [1.165, 1.54) is 22.2 Å². The molecule has 8 heteroatoms. The van der Waals surface area contributed by atoms with Crippen LogP contribution >= 0.6 is 11.3 Å². The van der Waals surface area contributed by atoms with Crippen LogP contribution in [0.15, 0.2) is 65.7 Å². The van der Waals surface area contributed by atoms with Gasteiger partial charge < -0.3 is 14.4 Å². The van der Waals surface area contributed by atoms with Crippen LogP contribution in [0.3, 0.4) is 0 Å². The molecule has 33 heavy (non-hydrogen) atoms. The number of fused-ring (bicyclic) bond motifs is 1. The number of likely N-dealkylation sites (N-methyl/N-ethyl adjacent to an activating group) is 1. The number of carbonyl (C=O) groups is 1. The molecule has 0 aliphatic rings. The Morgan fingerprint density at radius 2 is 1.82 bits per heavy atom. The second-order valence-corrected chi connectivity index (χ2v) is 8.50. The van der Waals surface area contributed by atoms with E-state index in [1.54, 1.807) is 19.1 Å². The maximum atomic E-state index is 13.1. The SMILES string of the molecule is CCN(Cc1ccc(OC)c(OC)c1)C(=O)Cn1cnc2sc(-c3ccccc3)cc2c1=O. The molecule has 0 N–H and O–H groups in total. The Balaban J connectivity index is 1.55. The third kappa shape index (κ3) is 4.75. The van der Waals surface area contributed by atoms with Crippen molar-refractivity contribution in [1.29, 1.82) is 0 Å². The predicted octanol–water partition coefficient (Wildman–Crippen LogP) is 4.19. The molecule has 0 radical (unpaired) electrons. The molecule has 0 fully saturated rings. The standard InChI is InChI=1S/C25H25N3O4S/c1-4-27(14-17-10-11-20(31-2)21(12-17)32-3)23(29)15-28-16-26-24-19(25(28)30)13-22(33-24)18-8-6-5-7-9-18/h5-13,16H,4,14-15H2,1-3H3. The van der Waals surface area contributed by atoms with Gasteiger partial charge in [0.2, 0.25) is 5.91 Å². The van der Waals surface area contributed by atoms with Gasteiger partial charge in [-0.1, -0.05) is 36.4 Å². The van der Waals surface area contributed by atoms with Gasteiger partial charge in [0.15, 0.2) is 11.5 Å². The molecule has 7 nitrogen and oxygen atoms in total. The van der Waals surface area contributed by atoms with Crippen LogP contribution in [0.2, 0.25) is 0 Å². The monoisotopic (exact) mass is 463 g/mol. The quantitative estimate of drug-likeness (QED) is 0.392. The number of amides is 1. The van der Waals surface area contributed by atoms with E-state index in [0.29, 0.717) is 34.8 Å². The first-order chi connectivity index (χ1) is 16.0. The second-order valence-electron chi connectivity index (χ2n) is 7.47. The number of hydrogen-bond donors (Lipinski definition) is 0. The maximum Gasteiger partial charge on any atom is 0.262 e. The number of carbonyl (C=O) groups excluding carboxylic acids is 1.